The number of hydrogen-bond acceptors (Lipinski definition) is 8. The second-order valence-electron chi connectivity index (χ2n) is 19.9. The van der Waals surface area contributed by atoms with Gasteiger partial charge in [-0.3, -0.25) is 28.8 Å². The van der Waals surface area contributed by atoms with Gasteiger partial charge in [0.05, 0.1) is 10.8 Å². The number of nitrogens with two attached hydrogens (primary N) is 1. The lowest BCUT2D eigenvalue weighted by Gasteiger charge is -2.13. The summed E-state index contributed by atoms with van der Waals surface area (Å²) in [5.74, 6) is -2.40. The Hall–Kier alpha value is -7.70. The average molecular weight is 1130 g/mol. The van der Waals surface area contributed by atoms with E-state index in [-0.39, 0.29) is 120 Å². The van der Waals surface area contributed by atoms with E-state index in [2.05, 4.69) is 24.3 Å². The Bertz CT molecular complexity index is 2720. The summed E-state index contributed by atoms with van der Waals surface area (Å²) in [5, 5.41) is 18.2. The van der Waals surface area contributed by atoms with Crippen LogP contribution >= 0.6 is 12.4 Å². The van der Waals surface area contributed by atoms with Crippen LogP contribution < -0.4 is 5.73 Å². The van der Waals surface area contributed by atoms with Gasteiger partial charge in [-0.1, -0.05) is 150 Å². The fraction of sp³-hybridized carbons (Fsp3) is 0.324. The van der Waals surface area contributed by atoms with Crippen LogP contribution in [0, 0.1) is 47.5 Å². The zero-order valence-electron chi connectivity index (χ0n) is 43.3. The van der Waals surface area contributed by atoms with Crippen LogP contribution in [0.4, 0.5) is 18.9 Å². The molecular formula is C68H81ClF3NO8. The minimum absolute atomic E-state index is 0. The molecule has 13 heteroatoms. The average Bonchev–Trinajstić information content (AvgIpc) is 4.30. The zero-order valence-corrected chi connectivity index (χ0v) is 44.1. The SMILES string of the molecule is C.C.C.C.C1=CCC=CC1.Cc1ccc(CC(=O)C2(C(=O)Cc3ccc(F)cc3)CC2)cc1.Cc1ccc(N)cc1.Cl.O=C(Cc1ccc(O)cc1)C1(C(=O)Cc2ccc(F)cc2)CC1.O=C(O)C1(C(=O)Cc2ccc(F)cc2)CC1. The van der Waals surface area contributed by atoms with Crippen LogP contribution in [0.3, 0.4) is 0 Å². The van der Waals surface area contributed by atoms with Crippen LogP contribution in [0.25, 0.3) is 0 Å². The maximum atomic E-state index is 12.9. The first-order valence-corrected chi connectivity index (χ1v) is 25.4. The highest BCUT2D eigenvalue weighted by Crippen LogP contribution is 2.50. The molecule has 6 aromatic rings. The van der Waals surface area contributed by atoms with Gasteiger partial charge >= 0.3 is 5.97 Å². The highest BCUT2D eigenvalue weighted by atomic mass is 35.5. The normalized spacial score (nSPS) is 14.2. The lowest BCUT2D eigenvalue weighted by Crippen LogP contribution is -2.28. The molecule has 0 radical (unpaired) electrons. The zero-order chi connectivity index (χ0) is 54.9. The number of carboxylic acids is 1. The van der Waals surface area contributed by atoms with Crippen molar-refractivity contribution in [3.63, 3.8) is 0 Å². The quantitative estimate of drug-likeness (QED) is 0.0485. The Balaban J connectivity index is 0.000000532. The fourth-order valence-electron chi connectivity index (χ4n) is 8.42. The molecule has 10 rings (SSSR count). The van der Waals surface area contributed by atoms with Gasteiger partial charge in [0, 0.05) is 37.8 Å². The molecule has 3 fully saturated rings. The largest absolute Gasteiger partial charge is 0.508 e. The number of Topliss-reactive ketones (excluding diaryl/α,β-unsaturated/α-hetero) is 5. The third kappa shape index (κ3) is 21.4. The van der Waals surface area contributed by atoms with Gasteiger partial charge < -0.3 is 15.9 Å². The smallest absolute Gasteiger partial charge is 0.317 e. The van der Waals surface area contributed by atoms with E-state index in [4.69, 9.17) is 10.8 Å². The van der Waals surface area contributed by atoms with E-state index in [1.165, 1.54) is 66.2 Å². The van der Waals surface area contributed by atoms with Crippen molar-refractivity contribution >= 4 is 53.0 Å². The highest BCUT2D eigenvalue weighted by Gasteiger charge is 2.57. The molecule has 0 spiro atoms. The summed E-state index contributed by atoms with van der Waals surface area (Å²) in [6.45, 7) is 4.04. The van der Waals surface area contributed by atoms with Crippen molar-refractivity contribution in [2.24, 2.45) is 16.2 Å². The minimum atomic E-state index is -1.16. The summed E-state index contributed by atoms with van der Waals surface area (Å²) in [6, 6.07) is 39.3. The van der Waals surface area contributed by atoms with Gasteiger partial charge in [0.15, 0.2) is 28.9 Å². The number of phenols is 1. The number of ketones is 5. The number of aromatic hydroxyl groups is 1. The number of carbonyl (C=O) groups excluding carboxylic acids is 5. The van der Waals surface area contributed by atoms with Crippen molar-refractivity contribution in [3.8, 4) is 5.75 Å². The van der Waals surface area contributed by atoms with E-state index < -0.39 is 22.2 Å². The first-order chi connectivity index (χ1) is 36.3. The second-order valence-corrected chi connectivity index (χ2v) is 19.9. The van der Waals surface area contributed by atoms with E-state index in [0.29, 0.717) is 50.5 Å². The van der Waals surface area contributed by atoms with Crippen LogP contribution in [0.15, 0.2) is 170 Å². The number of carboxylic acid groups (broad SMARTS) is 1. The topological polar surface area (TPSA) is 169 Å². The minimum Gasteiger partial charge on any atom is -0.508 e. The molecule has 4 aliphatic rings. The van der Waals surface area contributed by atoms with Gasteiger partial charge in [-0.2, -0.15) is 0 Å². The maximum Gasteiger partial charge on any atom is 0.317 e. The predicted molar refractivity (Wildman–Crippen MR) is 322 cm³/mol. The van der Waals surface area contributed by atoms with Gasteiger partial charge in [0.2, 0.25) is 0 Å². The third-order valence-corrected chi connectivity index (χ3v) is 13.9. The summed E-state index contributed by atoms with van der Waals surface area (Å²) in [5.41, 5.74) is 9.68. The molecule has 0 amide bonds. The molecule has 4 aliphatic carbocycles. The number of halogens is 4. The number of rotatable bonds is 16. The molecule has 0 unspecified atom stereocenters. The lowest BCUT2D eigenvalue weighted by molar-refractivity contribution is -0.148. The van der Waals surface area contributed by atoms with Crippen LogP contribution in [-0.2, 0) is 60.9 Å². The molecule has 434 valence electrons. The van der Waals surface area contributed by atoms with E-state index in [1.807, 2.05) is 62.4 Å². The summed E-state index contributed by atoms with van der Waals surface area (Å²) < 4.78 is 38.5. The van der Waals surface area contributed by atoms with Crippen LogP contribution in [0.2, 0.25) is 0 Å². The molecule has 81 heavy (non-hydrogen) atoms. The van der Waals surface area contributed by atoms with Gasteiger partial charge in [0.1, 0.15) is 28.6 Å². The molecule has 0 saturated heterocycles. The molecular weight excluding hydrogens is 1050 g/mol. The van der Waals surface area contributed by atoms with Crippen LogP contribution in [0.5, 0.6) is 5.75 Å². The van der Waals surface area contributed by atoms with Crippen LogP contribution in [-0.4, -0.2) is 45.1 Å². The first kappa shape index (κ1) is 71.3. The Morgan fingerprint density at radius 3 is 0.840 bits per heavy atom. The highest BCUT2D eigenvalue weighted by molar-refractivity contribution is 6.12. The number of hydrogen-bond donors (Lipinski definition) is 3. The molecule has 0 heterocycles. The van der Waals surface area contributed by atoms with Gasteiger partial charge in [0.25, 0.3) is 0 Å². The van der Waals surface area contributed by atoms with Crippen molar-refractivity contribution in [2.45, 2.75) is 127 Å². The molecule has 9 nitrogen and oxygen atoms in total. The van der Waals surface area contributed by atoms with E-state index in [0.717, 1.165) is 46.3 Å². The number of aliphatic carboxylic acids is 1. The number of allylic oxidation sites excluding steroid dienone is 4. The Morgan fingerprint density at radius 2 is 0.617 bits per heavy atom. The summed E-state index contributed by atoms with van der Waals surface area (Å²) >= 11 is 0. The number of aryl methyl sites for hydroxylation is 2. The Labute approximate surface area is 484 Å². The van der Waals surface area contributed by atoms with E-state index >= 15 is 0 Å². The van der Waals surface area contributed by atoms with Crippen LogP contribution in [0.1, 0.15) is 120 Å². The number of phenolic OH excluding ortho intramolecular Hbond substituents is 1. The number of benzene rings is 6. The summed E-state index contributed by atoms with van der Waals surface area (Å²) in [7, 11) is 0. The van der Waals surface area contributed by atoms with Gasteiger partial charge in [-0.15, -0.1) is 12.4 Å². The lowest BCUT2D eigenvalue weighted by atomic mass is 9.88. The standard InChI is InChI=1S/C20H19FO2.C19H17FO3.C12H11FO3.C7H9N.C6H8.4CH4.ClH/c1-14-2-4-15(5-3-14)12-18(22)20(10-11-20)19(23)13-16-6-8-17(21)9-7-16;20-15-5-1-13(2-6-15)11-17(22)19(9-10-19)18(23)12-14-3-7-16(21)8-4-14;13-9-3-1-8(2-4-9)7-10(14)12(5-6-12)11(15)16;1-6-2-4-7(8)5-3-6;1-2-4-6-5-3-1;;;;;/h2-9H,10-13H2,1H3;1-8,21H,9-12H2;1-4H,5-7H2,(H,15,16);2-5H,8H2,1H3;1-2,5-6H,3-4H2;4*1H4;1H. The van der Waals surface area contributed by atoms with Crippen molar-refractivity contribution in [1.29, 1.82) is 0 Å². The maximum absolute atomic E-state index is 12.9. The monoisotopic (exact) mass is 1130 g/mol. The predicted octanol–water partition coefficient (Wildman–Crippen LogP) is 15.3. The molecule has 6 aromatic carbocycles. The molecule has 0 bridgehead atoms. The van der Waals surface area contributed by atoms with E-state index in [1.54, 1.807) is 36.4 Å². The fourth-order valence-corrected chi connectivity index (χ4v) is 8.42. The third-order valence-electron chi connectivity index (χ3n) is 13.9. The summed E-state index contributed by atoms with van der Waals surface area (Å²) in [4.78, 5) is 72.8. The van der Waals surface area contributed by atoms with Crippen molar-refractivity contribution in [1.82, 2.24) is 0 Å². The second kappa shape index (κ2) is 33.1. The number of anilines is 1. The van der Waals surface area contributed by atoms with Crippen molar-refractivity contribution in [2.75, 3.05) is 5.73 Å². The molecule has 0 atom stereocenters. The first-order valence-electron chi connectivity index (χ1n) is 25.4. The molecule has 0 aromatic heterocycles. The number of carbonyl (C=O) groups is 6. The molecule has 0 aliphatic heterocycles. The van der Waals surface area contributed by atoms with E-state index in [9.17, 15) is 47.0 Å². The van der Waals surface area contributed by atoms with Gasteiger partial charge in [-0.25, -0.2) is 13.2 Å². The summed E-state index contributed by atoms with van der Waals surface area (Å²) in [6.07, 6.45) is 15.2. The Morgan fingerprint density at radius 1 is 0.395 bits per heavy atom. The van der Waals surface area contributed by atoms with Crippen molar-refractivity contribution < 1.29 is 52.2 Å². The Kier molecular flexibility index (Phi) is 29.2. The van der Waals surface area contributed by atoms with Gasteiger partial charge in [-0.05, 0) is 154 Å². The molecule has 3 saturated carbocycles. The van der Waals surface area contributed by atoms with Crippen molar-refractivity contribution in [3.05, 3.63) is 226 Å². The number of nitrogen functional groups attached to an aromatic ring is 1. The molecule has 4 N–H and O–H groups in total.